The number of aromatic nitrogens is 2. The van der Waals surface area contributed by atoms with Gasteiger partial charge in [-0.05, 0) is 55.4 Å². The van der Waals surface area contributed by atoms with Crippen molar-refractivity contribution >= 4 is 5.91 Å². The monoisotopic (exact) mass is 471 g/mol. The lowest BCUT2D eigenvalue weighted by molar-refractivity contribution is -0.352. The van der Waals surface area contributed by atoms with Crippen LogP contribution in [0.5, 0.6) is 5.75 Å². The van der Waals surface area contributed by atoms with E-state index in [2.05, 4.69) is 20.3 Å². The molecule has 4 atom stereocenters. The topological polar surface area (TPSA) is 95.7 Å². The van der Waals surface area contributed by atoms with Gasteiger partial charge in [0.05, 0.1) is 18.8 Å². The Morgan fingerprint density at radius 2 is 1.82 bits per heavy atom. The zero-order valence-corrected chi connectivity index (χ0v) is 17.3. The van der Waals surface area contributed by atoms with Crippen molar-refractivity contribution < 1.29 is 41.0 Å². The minimum Gasteiger partial charge on any atom is -0.484 e. The maximum Gasteiger partial charge on any atom is 0.522 e. The zero-order valence-electron chi connectivity index (χ0n) is 17.3. The molecule has 33 heavy (non-hydrogen) atoms. The highest BCUT2D eigenvalue weighted by Gasteiger charge is 2.54. The van der Waals surface area contributed by atoms with Crippen molar-refractivity contribution in [3.05, 3.63) is 41.9 Å². The summed E-state index contributed by atoms with van der Waals surface area (Å²) < 4.78 is 70.6. The number of benzene rings is 1. The van der Waals surface area contributed by atoms with Crippen LogP contribution in [0.1, 0.15) is 43.1 Å². The van der Waals surface area contributed by atoms with Gasteiger partial charge in [0, 0.05) is 5.92 Å². The van der Waals surface area contributed by atoms with Crippen LogP contribution in [0.3, 0.4) is 0 Å². The van der Waals surface area contributed by atoms with Crippen LogP contribution in [0.25, 0.3) is 0 Å². The maximum absolute atomic E-state index is 12.9. The van der Waals surface area contributed by atoms with E-state index in [9.17, 15) is 22.4 Å². The number of fused-ring (bicyclic) bond motifs is 1. The van der Waals surface area contributed by atoms with Gasteiger partial charge in [-0.25, -0.2) is 4.39 Å². The SMILES string of the molecule is O=C(COc1ccc(F)cc1)N[C@@H]1CO[C@@H](c2nnc(C3CC(OC(F)(F)F)C3)o2)[C@H]2C[C@H]21. The van der Waals surface area contributed by atoms with Gasteiger partial charge < -0.3 is 19.2 Å². The fourth-order valence-corrected chi connectivity index (χ4v) is 4.41. The number of halogens is 4. The molecule has 1 aromatic heterocycles. The van der Waals surface area contributed by atoms with Gasteiger partial charge in [0.1, 0.15) is 17.7 Å². The summed E-state index contributed by atoms with van der Waals surface area (Å²) in [7, 11) is 0. The Kier molecular flexibility index (Phi) is 5.73. The first-order chi connectivity index (χ1) is 15.7. The quantitative estimate of drug-likeness (QED) is 0.620. The fourth-order valence-electron chi connectivity index (χ4n) is 4.41. The molecule has 2 saturated carbocycles. The smallest absolute Gasteiger partial charge is 0.484 e. The molecule has 2 heterocycles. The number of amides is 1. The molecule has 0 unspecified atom stereocenters. The molecule has 1 amide bonds. The van der Waals surface area contributed by atoms with Crippen molar-refractivity contribution in [1.29, 1.82) is 0 Å². The Balaban J connectivity index is 1.08. The van der Waals surface area contributed by atoms with E-state index in [0.29, 0.717) is 17.5 Å². The second-order valence-electron chi connectivity index (χ2n) is 8.57. The van der Waals surface area contributed by atoms with Gasteiger partial charge in [-0.2, -0.15) is 0 Å². The Labute approximate surface area is 185 Å². The summed E-state index contributed by atoms with van der Waals surface area (Å²) in [5.41, 5.74) is 0. The Bertz CT molecular complexity index is 993. The van der Waals surface area contributed by atoms with Crippen molar-refractivity contribution in [3.63, 3.8) is 0 Å². The largest absolute Gasteiger partial charge is 0.522 e. The number of hydrogen-bond acceptors (Lipinski definition) is 7. The van der Waals surface area contributed by atoms with Crippen molar-refractivity contribution in [3.8, 4) is 5.75 Å². The summed E-state index contributed by atoms with van der Waals surface area (Å²) in [5.74, 6) is 0.346. The average molecular weight is 471 g/mol. The molecule has 178 valence electrons. The Hall–Kier alpha value is -2.73. The van der Waals surface area contributed by atoms with Gasteiger partial charge in [0.2, 0.25) is 11.8 Å². The predicted molar refractivity (Wildman–Crippen MR) is 101 cm³/mol. The third kappa shape index (κ3) is 5.11. The molecule has 0 radical (unpaired) electrons. The van der Waals surface area contributed by atoms with Crippen molar-refractivity contribution in [1.82, 2.24) is 15.5 Å². The fraction of sp³-hybridized carbons (Fsp3) is 0.571. The van der Waals surface area contributed by atoms with Gasteiger partial charge in [-0.1, -0.05) is 0 Å². The van der Waals surface area contributed by atoms with Crippen molar-refractivity contribution in [2.45, 2.75) is 49.8 Å². The lowest BCUT2D eigenvalue weighted by atomic mass is 9.82. The predicted octanol–water partition coefficient (Wildman–Crippen LogP) is 3.26. The van der Waals surface area contributed by atoms with Gasteiger partial charge in [-0.15, -0.1) is 23.4 Å². The molecule has 1 aromatic carbocycles. The molecule has 3 fully saturated rings. The van der Waals surface area contributed by atoms with E-state index in [1.807, 2.05) is 0 Å². The van der Waals surface area contributed by atoms with Crippen LogP contribution in [0.15, 0.2) is 28.7 Å². The number of alkyl halides is 3. The van der Waals surface area contributed by atoms with Crippen LogP contribution in [0.2, 0.25) is 0 Å². The van der Waals surface area contributed by atoms with Crippen molar-refractivity contribution in [2.75, 3.05) is 13.2 Å². The first-order valence-corrected chi connectivity index (χ1v) is 10.6. The molecule has 8 nitrogen and oxygen atoms in total. The Morgan fingerprint density at radius 1 is 1.09 bits per heavy atom. The third-order valence-corrected chi connectivity index (χ3v) is 6.23. The maximum atomic E-state index is 12.9. The standard InChI is InChI=1S/C21H21F4N3O5/c22-11-1-3-12(4-2-11)30-9-17(29)26-16-8-31-18(15-7-14(15)16)20-28-27-19(32-20)10-5-13(6-10)33-21(23,24)25/h1-4,10,13-16,18H,5-9H2,(H,26,29)/t10?,13?,14-,15+,16-,18-/m1/s1. The van der Waals surface area contributed by atoms with Crippen LogP contribution < -0.4 is 10.1 Å². The number of ether oxygens (including phenoxy) is 3. The van der Waals surface area contributed by atoms with Gasteiger partial charge in [0.15, 0.2) is 6.61 Å². The van der Waals surface area contributed by atoms with E-state index < -0.39 is 18.6 Å². The van der Waals surface area contributed by atoms with Gasteiger partial charge >= 0.3 is 6.36 Å². The van der Waals surface area contributed by atoms with E-state index in [1.165, 1.54) is 24.3 Å². The second kappa shape index (κ2) is 8.56. The lowest BCUT2D eigenvalue weighted by Gasteiger charge is -2.33. The molecule has 12 heteroatoms. The summed E-state index contributed by atoms with van der Waals surface area (Å²) in [6.45, 7) is 0.0627. The van der Waals surface area contributed by atoms with E-state index in [1.54, 1.807) is 0 Å². The molecule has 2 aliphatic carbocycles. The highest BCUT2D eigenvalue weighted by molar-refractivity contribution is 5.78. The number of rotatable bonds is 7. The van der Waals surface area contributed by atoms with E-state index in [0.717, 1.165) is 6.42 Å². The highest BCUT2D eigenvalue weighted by Crippen LogP contribution is 2.54. The Morgan fingerprint density at radius 3 is 2.55 bits per heavy atom. The summed E-state index contributed by atoms with van der Waals surface area (Å²) >= 11 is 0. The minimum atomic E-state index is -4.65. The molecule has 1 N–H and O–H groups in total. The number of nitrogens with one attached hydrogen (secondary N) is 1. The van der Waals surface area contributed by atoms with Crippen LogP contribution in [0.4, 0.5) is 17.6 Å². The summed E-state index contributed by atoms with van der Waals surface area (Å²) in [5, 5.41) is 10.9. The molecule has 0 spiro atoms. The number of carbonyl (C=O) groups is 1. The third-order valence-electron chi connectivity index (χ3n) is 6.23. The normalized spacial score (nSPS) is 30.8. The molecular weight excluding hydrogens is 450 g/mol. The lowest BCUT2D eigenvalue weighted by Crippen LogP contribution is -2.45. The summed E-state index contributed by atoms with van der Waals surface area (Å²) in [6, 6.07) is 5.21. The van der Waals surface area contributed by atoms with Crippen LogP contribution in [-0.4, -0.2) is 47.8 Å². The van der Waals surface area contributed by atoms with E-state index >= 15 is 0 Å². The van der Waals surface area contributed by atoms with Crippen LogP contribution >= 0.6 is 0 Å². The molecule has 0 bridgehead atoms. The first-order valence-electron chi connectivity index (χ1n) is 10.6. The molecule has 1 saturated heterocycles. The highest BCUT2D eigenvalue weighted by atomic mass is 19.4. The summed E-state index contributed by atoms with van der Waals surface area (Å²) in [4.78, 5) is 12.2. The molecule has 5 rings (SSSR count). The van der Waals surface area contributed by atoms with Gasteiger partial charge in [0.25, 0.3) is 5.91 Å². The molecule has 1 aliphatic heterocycles. The zero-order chi connectivity index (χ0) is 23.2. The summed E-state index contributed by atoms with van der Waals surface area (Å²) in [6.07, 6.45) is -4.77. The molecular formula is C21H21F4N3O5. The van der Waals surface area contributed by atoms with Crippen LogP contribution in [-0.2, 0) is 14.3 Å². The second-order valence-corrected chi connectivity index (χ2v) is 8.57. The average Bonchev–Trinajstić information content (AvgIpc) is 3.40. The van der Waals surface area contributed by atoms with Gasteiger partial charge in [-0.3, -0.25) is 9.53 Å². The number of carbonyl (C=O) groups excluding carboxylic acids is 1. The van der Waals surface area contributed by atoms with Crippen molar-refractivity contribution in [2.24, 2.45) is 11.8 Å². The first kappa shape index (κ1) is 22.1. The van der Waals surface area contributed by atoms with E-state index in [4.69, 9.17) is 13.9 Å². The van der Waals surface area contributed by atoms with E-state index in [-0.39, 0.29) is 61.6 Å². The number of nitrogens with zero attached hydrogens (tertiary/aromatic N) is 2. The molecule has 3 aliphatic rings. The minimum absolute atomic E-state index is 0.109. The van der Waals surface area contributed by atoms with Crippen LogP contribution in [0, 0.1) is 17.7 Å². The molecule has 2 aromatic rings. The number of hydrogen-bond donors (Lipinski definition) is 1.